The molecule has 3 aromatic rings. The molecule has 7 rings (SSSR count). The molecule has 1 aromatic heterocycles. The Bertz CT molecular complexity index is 1740. The van der Waals surface area contributed by atoms with E-state index in [4.69, 9.17) is 4.74 Å². The van der Waals surface area contributed by atoms with Gasteiger partial charge in [-0.3, -0.25) is 14.4 Å². The fourth-order valence-electron chi connectivity index (χ4n) is 8.47. The number of carbonyl (C=O) groups excluding carboxylic acids is 2. The van der Waals surface area contributed by atoms with Crippen LogP contribution in [-0.2, 0) is 23.2 Å². The summed E-state index contributed by atoms with van der Waals surface area (Å²) in [6.45, 7) is 5.09. The highest BCUT2D eigenvalue weighted by Gasteiger charge is 2.50. The molecule has 3 atom stereocenters. The number of amides is 2. The molecule has 3 fully saturated rings. The van der Waals surface area contributed by atoms with Gasteiger partial charge in [-0.15, -0.1) is 0 Å². The highest BCUT2D eigenvalue weighted by atomic mass is 16.5. The maximum absolute atomic E-state index is 14.1. The Kier molecular flexibility index (Phi) is 9.41. The van der Waals surface area contributed by atoms with E-state index in [0.717, 1.165) is 74.7 Å². The zero-order chi connectivity index (χ0) is 34.2. The third-order valence-corrected chi connectivity index (χ3v) is 11.5. The van der Waals surface area contributed by atoms with E-state index in [1.165, 1.54) is 10.5 Å². The summed E-state index contributed by atoms with van der Waals surface area (Å²) >= 11 is 0. The molecule has 2 amide bonds. The molecule has 1 saturated heterocycles. The van der Waals surface area contributed by atoms with Gasteiger partial charge in [0.05, 0.1) is 17.7 Å². The Hall–Kier alpha value is -3.95. The van der Waals surface area contributed by atoms with Crippen molar-refractivity contribution in [2.24, 2.45) is 0 Å². The first-order valence-corrected chi connectivity index (χ1v) is 18.3. The van der Waals surface area contributed by atoms with Gasteiger partial charge in [0.25, 0.3) is 11.5 Å². The number of hydrogen-bond acceptors (Lipinski definition) is 6. The molecular formula is C40H50N4O5. The highest BCUT2D eigenvalue weighted by Crippen LogP contribution is 2.51. The van der Waals surface area contributed by atoms with Gasteiger partial charge in [0.1, 0.15) is 17.0 Å². The summed E-state index contributed by atoms with van der Waals surface area (Å²) in [5.41, 5.74) is 3.10. The molecule has 0 radical (unpaired) electrons. The minimum Gasteiger partial charge on any atom is -0.487 e. The first-order chi connectivity index (χ1) is 23.7. The Morgan fingerprint density at radius 3 is 2.47 bits per heavy atom. The van der Waals surface area contributed by atoms with Gasteiger partial charge in [-0.1, -0.05) is 62.2 Å². The zero-order valence-electron chi connectivity index (χ0n) is 28.9. The van der Waals surface area contributed by atoms with Gasteiger partial charge in [0, 0.05) is 49.3 Å². The number of carbonyl (C=O) groups is 2. The summed E-state index contributed by atoms with van der Waals surface area (Å²) in [6.07, 6.45) is 11.0. The van der Waals surface area contributed by atoms with Gasteiger partial charge in [-0.05, 0) is 81.5 Å². The Labute approximate surface area is 289 Å². The van der Waals surface area contributed by atoms with Crippen LogP contribution in [0.2, 0.25) is 0 Å². The van der Waals surface area contributed by atoms with Crippen molar-refractivity contribution in [3.8, 4) is 5.75 Å². The van der Waals surface area contributed by atoms with Crippen molar-refractivity contribution in [3.05, 3.63) is 93.4 Å². The largest absolute Gasteiger partial charge is 0.487 e. The Morgan fingerprint density at radius 2 is 1.80 bits per heavy atom. The van der Waals surface area contributed by atoms with Crippen molar-refractivity contribution < 1.29 is 19.4 Å². The quantitative estimate of drug-likeness (QED) is 0.247. The molecule has 2 aliphatic heterocycles. The van der Waals surface area contributed by atoms with Crippen LogP contribution < -0.4 is 25.8 Å². The molecule has 4 aliphatic rings. The van der Waals surface area contributed by atoms with Gasteiger partial charge >= 0.3 is 0 Å². The van der Waals surface area contributed by atoms with Gasteiger partial charge in [0.15, 0.2) is 0 Å². The Balaban J connectivity index is 1.16. The van der Waals surface area contributed by atoms with E-state index in [-0.39, 0.29) is 41.2 Å². The van der Waals surface area contributed by atoms with Crippen LogP contribution in [-0.4, -0.2) is 52.3 Å². The minimum absolute atomic E-state index is 0.00175. The second kappa shape index (κ2) is 13.8. The second-order valence-electron chi connectivity index (χ2n) is 15.0. The van der Waals surface area contributed by atoms with Crippen LogP contribution in [0.5, 0.6) is 5.75 Å². The van der Waals surface area contributed by atoms with E-state index in [0.29, 0.717) is 31.4 Å². The van der Waals surface area contributed by atoms with Crippen LogP contribution in [0.25, 0.3) is 0 Å². The number of pyridine rings is 1. The molecule has 49 heavy (non-hydrogen) atoms. The number of ether oxygens (including phenoxy) is 1. The predicted octanol–water partition coefficient (Wildman–Crippen LogP) is 5.56. The first-order valence-electron chi connectivity index (χ1n) is 18.3. The number of nitrogens with zero attached hydrogens (tertiary/aromatic N) is 2. The fraction of sp³-hybridized carbons (Fsp3) is 0.525. The third kappa shape index (κ3) is 6.80. The molecule has 0 bridgehead atoms. The summed E-state index contributed by atoms with van der Waals surface area (Å²) in [7, 11) is 0. The predicted molar refractivity (Wildman–Crippen MR) is 190 cm³/mol. The standard InChI is InChI=1S/C40H50N4O5/c1-3-27-16-17-35-31(21-27)39(2,26-40(49-35)18-10-19-40)41-24-34(45)32(22-28-11-5-4-6-12-28)42-37(47)29-23-33(43-20-9-15-36(43)46)38(48)44(25-29)30-13-7-8-14-30/h4-6,11-12,16-17,21,23,25,30,32,34,41,45H,3,7-10,13-15,18-20,22,24,26H2,1-2H3,(H,42,47)/t32-,34+,39?/m0/s1. The van der Waals surface area contributed by atoms with Crippen molar-refractivity contribution in [1.29, 1.82) is 0 Å². The molecule has 2 aromatic carbocycles. The van der Waals surface area contributed by atoms with Gasteiger partial charge < -0.3 is 29.9 Å². The smallest absolute Gasteiger partial charge is 0.274 e. The number of aliphatic hydroxyl groups is 1. The van der Waals surface area contributed by atoms with Crippen LogP contribution in [0, 0.1) is 0 Å². The summed E-state index contributed by atoms with van der Waals surface area (Å²) < 4.78 is 8.26. The normalized spacial score (nSPS) is 22.8. The molecule has 3 heterocycles. The maximum Gasteiger partial charge on any atom is 0.274 e. The summed E-state index contributed by atoms with van der Waals surface area (Å²) in [4.78, 5) is 42.1. The number of aliphatic hydroxyl groups excluding tert-OH is 1. The van der Waals surface area contributed by atoms with Crippen LogP contribution in [0.3, 0.4) is 0 Å². The van der Waals surface area contributed by atoms with Gasteiger partial charge in [-0.25, -0.2) is 0 Å². The van der Waals surface area contributed by atoms with E-state index in [9.17, 15) is 19.5 Å². The minimum atomic E-state index is -0.917. The van der Waals surface area contributed by atoms with E-state index in [1.54, 1.807) is 16.8 Å². The maximum atomic E-state index is 14.1. The van der Waals surface area contributed by atoms with E-state index < -0.39 is 17.7 Å². The molecule has 2 saturated carbocycles. The van der Waals surface area contributed by atoms with Crippen LogP contribution >= 0.6 is 0 Å². The lowest BCUT2D eigenvalue weighted by Crippen LogP contribution is -2.58. The molecule has 3 N–H and O–H groups in total. The van der Waals surface area contributed by atoms with Crippen LogP contribution in [0.4, 0.5) is 5.69 Å². The van der Waals surface area contributed by atoms with Crippen molar-refractivity contribution in [2.45, 2.75) is 120 Å². The molecule has 260 valence electrons. The highest BCUT2D eigenvalue weighted by molar-refractivity contribution is 5.98. The molecule has 1 unspecified atom stereocenters. The molecule has 9 nitrogen and oxygen atoms in total. The molecule has 2 aliphatic carbocycles. The molecule has 1 spiro atoms. The van der Waals surface area contributed by atoms with Crippen molar-refractivity contribution in [1.82, 2.24) is 15.2 Å². The monoisotopic (exact) mass is 666 g/mol. The van der Waals surface area contributed by atoms with Gasteiger partial charge in [0.2, 0.25) is 5.91 Å². The molecule has 9 heteroatoms. The summed E-state index contributed by atoms with van der Waals surface area (Å²) in [5, 5.41) is 18.8. The van der Waals surface area contributed by atoms with Crippen LogP contribution in [0.1, 0.15) is 111 Å². The summed E-state index contributed by atoms with van der Waals surface area (Å²) in [5.74, 6) is 0.448. The number of benzene rings is 2. The Morgan fingerprint density at radius 1 is 1.02 bits per heavy atom. The van der Waals surface area contributed by atoms with Crippen molar-refractivity contribution in [3.63, 3.8) is 0 Å². The number of nitrogens with one attached hydrogen (secondary N) is 2. The lowest BCUT2D eigenvalue weighted by molar-refractivity contribution is -0.117. The SMILES string of the molecule is CCc1ccc2c(c1)C(C)(NC[C@@H](O)[C@H](Cc1ccccc1)NC(=O)c1cc(N3CCCC3=O)c(=O)n(C3CCCC3)c1)CC1(CCC1)O2. The van der Waals surface area contributed by atoms with Gasteiger partial charge in [-0.2, -0.15) is 0 Å². The fourth-order valence-corrected chi connectivity index (χ4v) is 8.47. The second-order valence-corrected chi connectivity index (χ2v) is 15.0. The summed E-state index contributed by atoms with van der Waals surface area (Å²) in [6, 6.07) is 17.3. The average Bonchev–Trinajstić information content (AvgIpc) is 3.79. The third-order valence-electron chi connectivity index (χ3n) is 11.5. The van der Waals surface area contributed by atoms with E-state index in [1.807, 2.05) is 30.3 Å². The van der Waals surface area contributed by atoms with Crippen LogP contribution in [0.15, 0.2) is 65.6 Å². The number of aromatic nitrogens is 1. The number of fused-ring (bicyclic) bond motifs is 1. The van der Waals surface area contributed by atoms with E-state index >= 15 is 0 Å². The number of aryl methyl sites for hydroxylation is 1. The lowest BCUT2D eigenvalue weighted by Gasteiger charge is -2.52. The number of hydrogen-bond donors (Lipinski definition) is 3. The topological polar surface area (TPSA) is 113 Å². The zero-order valence-corrected chi connectivity index (χ0v) is 28.9. The lowest BCUT2D eigenvalue weighted by atomic mass is 9.68. The number of rotatable bonds is 11. The number of anilines is 1. The average molecular weight is 667 g/mol. The molecular weight excluding hydrogens is 616 g/mol. The van der Waals surface area contributed by atoms with E-state index in [2.05, 4.69) is 42.7 Å². The van der Waals surface area contributed by atoms with Crippen molar-refractivity contribution >= 4 is 17.5 Å². The first kappa shape index (κ1) is 33.5. The van der Waals surface area contributed by atoms with Crippen molar-refractivity contribution in [2.75, 3.05) is 18.0 Å².